The SMILES string of the molecule is CN(Cc1ccc(F)cc1)Cc1cc(CN)co1. The lowest BCUT2D eigenvalue weighted by molar-refractivity contribution is 0.287. The van der Waals surface area contributed by atoms with Gasteiger partial charge in [-0.25, -0.2) is 4.39 Å². The van der Waals surface area contributed by atoms with Crippen LogP contribution in [0.5, 0.6) is 0 Å². The summed E-state index contributed by atoms with van der Waals surface area (Å²) in [6.45, 7) is 1.95. The van der Waals surface area contributed by atoms with Crippen LogP contribution in [-0.4, -0.2) is 11.9 Å². The predicted octanol–water partition coefficient (Wildman–Crippen LogP) is 2.51. The Kier molecular flexibility index (Phi) is 4.12. The maximum Gasteiger partial charge on any atom is 0.123 e. The van der Waals surface area contributed by atoms with E-state index < -0.39 is 0 Å². The number of halogens is 1. The molecule has 0 amide bonds. The Morgan fingerprint density at radius 2 is 1.89 bits per heavy atom. The van der Waals surface area contributed by atoms with Gasteiger partial charge in [0.2, 0.25) is 0 Å². The zero-order valence-corrected chi connectivity index (χ0v) is 10.4. The Morgan fingerprint density at radius 3 is 2.50 bits per heavy atom. The van der Waals surface area contributed by atoms with Crippen molar-refractivity contribution in [1.82, 2.24) is 4.90 Å². The van der Waals surface area contributed by atoms with Gasteiger partial charge in [0.15, 0.2) is 0 Å². The molecule has 0 unspecified atom stereocenters. The molecule has 0 saturated heterocycles. The number of nitrogens with zero attached hydrogens (tertiary/aromatic N) is 1. The first-order chi connectivity index (χ1) is 8.67. The average molecular weight is 248 g/mol. The van der Waals surface area contributed by atoms with Gasteiger partial charge in [0, 0.05) is 18.7 Å². The maximum atomic E-state index is 12.8. The van der Waals surface area contributed by atoms with E-state index in [0.717, 1.165) is 23.4 Å². The van der Waals surface area contributed by atoms with E-state index in [9.17, 15) is 4.39 Å². The van der Waals surface area contributed by atoms with Crippen LogP contribution in [0.4, 0.5) is 4.39 Å². The molecule has 0 aliphatic carbocycles. The number of hydrogen-bond acceptors (Lipinski definition) is 3. The molecule has 0 aliphatic rings. The first-order valence-corrected chi connectivity index (χ1v) is 5.86. The van der Waals surface area contributed by atoms with Crippen molar-refractivity contribution in [3.63, 3.8) is 0 Å². The fourth-order valence-electron chi connectivity index (χ4n) is 1.84. The largest absolute Gasteiger partial charge is 0.468 e. The van der Waals surface area contributed by atoms with Crippen LogP contribution in [0.15, 0.2) is 41.0 Å². The molecule has 0 saturated carbocycles. The summed E-state index contributed by atoms with van der Waals surface area (Å²) in [5.74, 6) is 0.681. The lowest BCUT2D eigenvalue weighted by atomic mass is 10.2. The molecule has 0 fully saturated rings. The molecule has 3 nitrogen and oxygen atoms in total. The van der Waals surface area contributed by atoms with Crippen LogP contribution >= 0.6 is 0 Å². The summed E-state index contributed by atoms with van der Waals surface area (Å²) in [7, 11) is 1.99. The average Bonchev–Trinajstić information content (AvgIpc) is 2.79. The van der Waals surface area contributed by atoms with Gasteiger partial charge in [0.25, 0.3) is 0 Å². The van der Waals surface area contributed by atoms with Gasteiger partial charge in [-0.2, -0.15) is 0 Å². The number of hydrogen-bond donors (Lipinski definition) is 1. The normalized spacial score (nSPS) is 11.1. The fourth-order valence-corrected chi connectivity index (χ4v) is 1.84. The van der Waals surface area contributed by atoms with Gasteiger partial charge < -0.3 is 10.2 Å². The van der Waals surface area contributed by atoms with E-state index in [-0.39, 0.29) is 5.82 Å². The minimum absolute atomic E-state index is 0.208. The zero-order chi connectivity index (χ0) is 13.0. The quantitative estimate of drug-likeness (QED) is 0.884. The molecule has 0 bridgehead atoms. The Balaban J connectivity index is 1.91. The first-order valence-electron chi connectivity index (χ1n) is 5.86. The van der Waals surface area contributed by atoms with E-state index in [0.29, 0.717) is 13.1 Å². The second-order valence-corrected chi connectivity index (χ2v) is 4.42. The minimum atomic E-state index is -0.208. The van der Waals surface area contributed by atoms with Crippen molar-refractivity contribution in [3.8, 4) is 0 Å². The van der Waals surface area contributed by atoms with Gasteiger partial charge in [-0.1, -0.05) is 12.1 Å². The molecule has 1 aromatic heterocycles. The van der Waals surface area contributed by atoms with Crippen molar-refractivity contribution in [3.05, 3.63) is 59.3 Å². The van der Waals surface area contributed by atoms with Crippen LogP contribution in [-0.2, 0) is 19.6 Å². The molecular weight excluding hydrogens is 231 g/mol. The van der Waals surface area contributed by atoms with Gasteiger partial charge in [0.05, 0.1) is 12.8 Å². The van der Waals surface area contributed by atoms with Crippen LogP contribution in [0.25, 0.3) is 0 Å². The van der Waals surface area contributed by atoms with Crippen molar-refractivity contribution in [1.29, 1.82) is 0 Å². The third-order valence-corrected chi connectivity index (χ3v) is 2.74. The van der Waals surface area contributed by atoms with Crippen molar-refractivity contribution >= 4 is 0 Å². The molecular formula is C14H17FN2O. The summed E-state index contributed by atoms with van der Waals surface area (Å²) in [5.41, 5.74) is 7.60. The van der Waals surface area contributed by atoms with Gasteiger partial charge in [-0.15, -0.1) is 0 Å². The zero-order valence-electron chi connectivity index (χ0n) is 10.4. The van der Waals surface area contributed by atoms with E-state index in [4.69, 9.17) is 10.2 Å². The predicted molar refractivity (Wildman–Crippen MR) is 68.2 cm³/mol. The van der Waals surface area contributed by atoms with E-state index >= 15 is 0 Å². The molecule has 18 heavy (non-hydrogen) atoms. The molecule has 96 valence electrons. The van der Waals surface area contributed by atoms with Gasteiger partial charge in [-0.3, -0.25) is 4.90 Å². The monoisotopic (exact) mass is 248 g/mol. The molecule has 2 rings (SSSR count). The van der Waals surface area contributed by atoms with Crippen molar-refractivity contribution in [2.75, 3.05) is 7.05 Å². The van der Waals surface area contributed by atoms with Crippen molar-refractivity contribution in [2.24, 2.45) is 5.73 Å². The van der Waals surface area contributed by atoms with Crippen LogP contribution in [0, 0.1) is 5.82 Å². The first kappa shape index (κ1) is 12.8. The molecule has 2 N–H and O–H groups in total. The summed E-state index contributed by atoms with van der Waals surface area (Å²) in [4.78, 5) is 2.10. The molecule has 0 spiro atoms. The van der Waals surface area contributed by atoms with Crippen molar-refractivity contribution in [2.45, 2.75) is 19.6 Å². The summed E-state index contributed by atoms with van der Waals surface area (Å²) < 4.78 is 18.2. The molecule has 0 atom stereocenters. The highest BCUT2D eigenvalue weighted by molar-refractivity contribution is 5.16. The minimum Gasteiger partial charge on any atom is -0.468 e. The molecule has 4 heteroatoms. The lowest BCUT2D eigenvalue weighted by Gasteiger charge is -2.14. The lowest BCUT2D eigenvalue weighted by Crippen LogP contribution is -2.16. The highest BCUT2D eigenvalue weighted by Gasteiger charge is 2.05. The summed E-state index contributed by atoms with van der Waals surface area (Å²) >= 11 is 0. The van der Waals surface area contributed by atoms with Crippen LogP contribution in [0.2, 0.25) is 0 Å². The summed E-state index contributed by atoms with van der Waals surface area (Å²) in [6, 6.07) is 8.49. The number of rotatable bonds is 5. The fraction of sp³-hybridized carbons (Fsp3) is 0.286. The molecule has 2 aromatic rings. The highest BCUT2D eigenvalue weighted by atomic mass is 19.1. The van der Waals surface area contributed by atoms with E-state index in [1.54, 1.807) is 18.4 Å². The number of nitrogens with two attached hydrogens (primary N) is 1. The highest BCUT2D eigenvalue weighted by Crippen LogP contribution is 2.12. The Morgan fingerprint density at radius 1 is 1.17 bits per heavy atom. The van der Waals surface area contributed by atoms with Crippen molar-refractivity contribution < 1.29 is 8.81 Å². The van der Waals surface area contributed by atoms with Gasteiger partial charge in [-0.05, 0) is 30.8 Å². The molecule has 0 radical (unpaired) electrons. The van der Waals surface area contributed by atoms with Crippen LogP contribution in [0.3, 0.4) is 0 Å². The van der Waals surface area contributed by atoms with Gasteiger partial charge >= 0.3 is 0 Å². The third kappa shape index (κ3) is 3.42. The maximum absolute atomic E-state index is 12.8. The van der Waals surface area contributed by atoms with E-state index in [1.165, 1.54) is 12.1 Å². The second-order valence-electron chi connectivity index (χ2n) is 4.42. The van der Waals surface area contributed by atoms with Crippen LogP contribution < -0.4 is 5.73 Å². The Labute approximate surface area is 106 Å². The third-order valence-electron chi connectivity index (χ3n) is 2.74. The van der Waals surface area contributed by atoms with Gasteiger partial charge in [0.1, 0.15) is 11.6 Å². The molecule has 1 heterocycles. The number of furan rings is 1. The Bertz CT molecular complexity index is 493. The molecule has 0 aliphatic heterocycles. The molecule has 1 aromatic carbocycles. The van der Waals surface area contributed by atoms with E-state index in [1.807, 2.05) is 13.1 Å². The summed E-state index contributed by atoms with van der Waals surface area (Å²) in [5, 5.41) is 0. The number of benzene rings is 1. The standard InChI is InChI=1S/C14H17FN2O/c1-17(8-11-2-4-13(15)5-3-11)9-14-6-12(7-16)10-18-14/h2-6,10H,7-9,16H2,1H3. The second kappa shape index (κ2) is 5.80. The topological polar surface area (TPSA) is 42.4 Å². The van der Waals surface area contributed by atoms with E-state index in [2.05, 4.69) is 4.90 Å². The smallest absolute Gasteiger partial charge is 0.123 e. The van der Waals surface area contributed by atoms with Crippen LogP contribution in [0.1, 0.15) is 16.9 Å². The Hall–Kier alpha value is -1.65. The summed E-state index contributed by atoms with van der Waals surface area (Å²) in [6.07, 6.45) is 1.68.